The van der Waals surface area contributed by atoms with Crippen LogP contribution in [0.5, 0.6) is 0 Å². The van der Waals surface area contributed by atoms with Crippen molar-refractivity contribution in [1.82, 2.24) is 15.1 Å². The number of nitrogens with zero attached hydrogens (tertiary/aromatic N) is 2. The Kier molecular flexibility index (Phi) is 5.77. The van der Waals surface area contributed by atoms with E-state index in [1.165, 1.54) is 5.56 Å². The number of benzene rings is 2. The normalized spacial score (nSPS) is 12.2. The van der Waals surface area contributed by atoms with Crippen molar-refractivity contribution in [3.8, 4) is 5.69 Å². The minimum Gasteiger partial charge on any atom is -0.396 e. The quantitative estimate of drug-likeness (QED) is 0.668. The summed E-state index contributed by atoms with van der Waals surface area (Å²) in [6.07, 6.45) is 3.67. The first-order valence-corrected chi connectivity index (χ1v) is 8.36. The van der Waals surface area contributed by atoms with Crippen LogP contribution in [0.3, 0.4) is 0 Å². The van der Waals surface area contributed by atoms with Gasteiger partial charge in [-0.3, -0.25) is 0 Å². The van der Waals surface area contributed by atoms with E-state index in [0.717, 1.165) is 24.2 Å². The summed E-state index contributed by atoms with van der Waals surface area (Å²) in [4.78, 5) is 0. The first kappa shape index (κ1) is 16.4. The van der Waals surface area contributed by atoms with E-state index in [2.05, 4.69) is 22.5 Å². The van der Waals surface area contributed by atoms with Crippen LogP contribution in [0, 0.1) is 0 Å². The molecule has 0 spiro atoms. The molecule has 3 aromatic rings. The van der Waals surface area contributed by atoms with Crippen molar-refractivity contribution >= 4 is 0 Å². The molecule has 0 amide bonds. The molecule has 4 heteroatoms. The van der Waals surface area contributed by atoms with Crippen molar-refractivity contribution in [1.29, 1.82) is 0 Å². The number of hydrogen-bond donors (Lipinski definition) is 2. The van der Waals surface area contributed by atoms with E-state index >= 15 is 0 Å². The van der Waals surface area contributed by atoms with Crippen molar-refractivity contribution < 1.29 is 5.11 Å². The van der Waals surface area contributed by atoms with Gasteiger partial charge in [-0.1, -0.05) is 48.5 Å². The van der Waals surface area contributed by atoms with Crippen LogP contribution in [0.4, 0.5) is 0 Å². The lowest BCUT2D eigenvalue weighted by atomic mass is 10.0. The first-order chi connectivity index (χ1) is 11.9. The van der Waals surface area contributed by atoms with E-state index in [1.54, 1.807) is 0 Å². The van der Waals surface area contributed by atoms with Crippen molar-refractivity contribution in [2.24, 2.45) is 0 Å². The molecule has 0 fully saturated rings. The summed E-state index contributed by atoms with van der Waals surface area (Å²) in [5.74, 6) is 0. The predicted molar refractivity (Wildman–Crippen MR) is 95.9 cm³/mol. The monoisotopic (exact) mass is 321 g/mol. The van der Waals surface area contributed by atoms with Gasteiger partial charge >= 0.3 is 0 Å². The van der Waals surface area contributed by atoms with Crippen LogP contribution >= 0.6 is 0 Å². The van der Waals surface area contributed by atoms with Crippen LogP contribution in [-0.2, 0) is 6.54 Å². The number of rotatable bonds is 8. The highest BCUT2D eigenvalue weighted by atomic mass is 16.2. The largest absolute Gasteiger partial charge is 0.396 e. The van der Waals surface area contributed by atoms with Crippen molar-refractivity contribution in [2.75, 3.05) is 6.61 Å². The molecule has 1 aromatic heterocycles. The Morgan fingerprint density at radius 3 is 2.38 bits per heavy atom. The van der Waals surface area contributed by atoms with Gasteiger partial charge in [0.2, 0.25) is 0 Å². The van der Waals surface area contributed by atoms with Crippen LogP contribution in [0.15, 0.2) is 72.9 Å². The minimum atomic E-state index is 0.216. The highest BCUT2D eigenvalue weighted by Gasteiger charge is 2.11. The standard InChI is InChI=1S/C20H23N3O/c24-15-7-12-20(17-8-3-1-4-9-17)21-16-18-13-14-23(22-18)19-10-5-2-6-11-19/h1-6,8-11,13-14,20-21,24H,7,12,15-16H2. The molecular formula is C20H23N3O. The van der Waals surface area contributed by atoms with Gasteiger partial charge in [-0.25, -0.2) is 4.68 Å². The Morgan fingerprint density at radius 1 is 0.958 bits per heavy atom. The highest BCUT2D eigenvalue weighted by Crippen LogP contribution is 2.18. The average Bonchev–Trinajstić information content (AvgIpc) is 3.12. The molecule has 1 heterocycles. The summed E-state index contributed by atoms with van der Waals surface area (Å²) < 4.78 is 1.89. The Hall–Kier alpha value is -2.43. The van der Waals surface area contributed by atoms with E-state index < -0.39 is 0 Å². The second-order valence-corrected chi connectivity index (χ2v) is 5.80. The molecule has 0 saturated heterocycles. The number of aliphatic hydroxyl groups is 1. The third-order valence-corrected chi connectivity index (χ3v) is 4.05. The number of nitrogens with one attached hydrogen (secondary N) is 1. The second-order valence-electron chi connectivity index (χ2n) is 5.80. The molecule has 0 radical (unpaired) electrons. The van der Waals surface area contributed by atoms with Crippen molar-refractivity contribution in [3.05, 3.63) is 84.2 Å². The maximum absolute atomic E-state index is 9.13. The van der Waals surface area contributed by atoms with Gasteiger partial charge in [0, 0.05) is 25.4 Å². The lowest BCUT2D eigenvalue weighted by molar-refractivity contribution is 0.274. The molecule has 0 saturated carbocycles. The smallest absolute Gasteiger partial charge is 0.0767 e. The zero-order valence-corrected chi connectivity index (χ0v) is 13.7. The van der Waals surface area contributed by atoms with Crippen LogP contribution in [0.2, 0.25) is 0 Å². The lowest BCUT2D eigenvalue weighted by Crippen LogP contribution is -2.21. The Balaban J connectivity index is 1.65. The molecule has 24 heavy (non-hydrogen) atoms. The maximum atomic E-state index is 9.13. The van der Waals surface area contributed by atoms with E-state index in [-0.39, 0.29) is 12.6 Å². The summed E-state index contributed by atoms with van der Waals surface area (Å²) in [6.45, 7) is 0.915. The average molecular weight is 321 g/mol. The topological polar surface area (TPSA) is 50.1 Å². The van der Waals surface area contributed by atoms with Gasteiger partial charge in [0.05, 0.1) is 11.4 Å². The number of aliphatic hydroxyl groups excluding tert-OH is 1. The van der Waals surface area contributed by atoms with E-state index in [1.807, 2.05) is 65.5 Å². The van der Waals surface area contributed by atoms with Crippen LogP contribution < -0.4 is 5.32 Å². The molecule has 124 valence electrons. The minimum absolute atomic E-state index is 0.216. The van der Waals surface area contributed by atoms with Crippen molar-refractivity contribution in [3.63, 3.8) is 0 Å². The van der Waals surface area contributed by atoms with Crippen LogP contribution in [0.25, 0.3) is 5.69 Å². The van der Waals surface area contributed by atoms with Gasteiger partial charge in [-0.2, -0.15) is 5.10 Å². The summed E-state index contributed by atoms with van der Waals surface area (Å²) >= 11 is 0. The Labute approximate surface area is 142 Å². The van der Waals surface area contributed by atoms with E-state index in [0.29, 0.717) is 6.54 Å². The predicted octanol–water partition coefficient (Wildman–Crippen LogP) is 3.48. The fourth-order valence-corrected chi connectivity index (χ4v) is 2.78. The van der Waals surface area contributed by atoms with Crippen molar-refractivity contribution in [2.45, 2.75) is 25.4 Å². The maximum Gasteiger partial charge on any atom is 0.0767 e. The summed E-state index contributed by atoms with van der Waals surface area (Å²) in [5, 5.41) is 17.3. The molecule has 3 rings (SSSR count). The molecule has 1 unspecified atom stereocenters. The van der Waals surface area contributed by atoms with Crippen LogP contribution in [0.1, 0.15) is 30.1 Å². The summed E-state index contributed by atoms with van der Waals surface area (Å²) in [7, 11) is 0. The number of aromatic nitrogens is 2. The fourth-order valence-electron chi connectivity index (χ4n) is 2.78. The zero-order chi connectivity index (χ0) is 16.6. The Bertz CT molecular complexity index is 725. The highest BCUT2D eigenvalue weighted by molar-refractivity contribution is 5.30. The molecule has 2 N–H and O–H groups in total. The van der Waals surface area contributed by atoms with Gasteiger partial charge in [0.25, 0.3) is 0 Å². The molecule has 1 atom stereocenters. The first-order valence-electron chi connectivity index (χ1n) is 8.36. The molecule has 2 aromatic carbocycles. The molecule has 0 aliphatic heterocycles. The van der Waals surface area contributed by atoms with Gasteiger partial charge < -0.3 is 10.4 Å². The summed E-state index contributed by atoms with van der Waals surface area (Å²) in [5.41, 5.74) is 3.31. The van der Waals surface area contributed by atoms with Gasteiger partial charge in [-0.15, -0.1) is 0 Å². The number of para-hydroxylation sites is 1. The van der Waals surface area contributed by atoms with Gasteiger partial charge in [0.15, 0.2) is 0 Å². The second kappa shape index (κ2) is 8.43. The molecule has 0 bridgehead atoms. The molecular weight excluding hydrogens is 298 g/mol. The Morgan fingerprint density at radius 2 is 1.67 bits per heavy atom. The van der Waals surface area contributed by atoms with E-state index in [4.69, 9.17) is 5.11 Å². The third kappa shape index (κ3) is 4.31. The molecule has 4 nitrogen and oxygen atoms in total. The lowest BCUT2D eigenvalue weighted by Gasteiger charge is -2.18. The molecule has 0 aliphatic carbocycles. The van der Waals surface area contributed by atoms with Gasteiger partial charge in [0.1, 0.15) is 0 Å². The van der Waals surface area contributed by atoms with Crippen LogP contribution in [-0.4, -0.2) is 21.5 Å². The fraction of sp³-hybridized carbons (Fsp3) is 0.250. The zero-order valence-electron chi connectivity index (χ0n) is 13.7. The molecule has 0 aliphatic rings. The van der Waals surface area contributed by atoms with Gasteiger partial charge in [-0.05, 0) is 36.6 Å². The third-order valence-electron chi connectivity index (χ3n) is 4.05. The summed E-state index contributed by atoms with van der Waals surface area (Å²) in [6, 6.07) is 22.7. The number of hydrogen-bond acceptors (Lipinski definition) is 3. The van der Waals surface area contributed by atoms with E-state index in [9.17, 15) is 0 Å². The SMILES string of the molecule is OCCCC(NCc1ccn(-c2ccccc2)n1)c1ccccc1.